The van der Waals surface area contributed by atoms with Gasteiger partial charge >= 0.3 is 0 Å². The number of halogens is 1. The van der Waals surface area contributed by atoms with Crippen LogP contribution < -0.4 is 5.32 Å². The number of hydrogen-bond donors (Lipinski definition) is 2. The van der Waals surface area contributed by atoms with E-state index in [1.165, 1.54) is 0 Å². The number of nitrogens with one attached hydrogen (secondary N) is 1. The molecule has 0 bridgehead atoms. The largest absolute Gasteiger partial charge is 0.393 e. The molecule has 1 atom stereocenters. The molecule has 1 aliphatic rings. The van der Waals surface area contributed by atoms with Gasteiger partial charge in [-0.1, -0.05) is 18.5 Å². The van der Waals surface area contributed by atoms with Crippen molar-refractivity contribution in [2.75, 3.05) is 0 Å². The van der Waals surface area contributed by atoms with E-state index in [0.717, 1.165) is 30.7 Å². The van der Waals surface area contributed by atoms with E-state index in [2.05, 4.69) is 17.3 Å². The SMILES string of the molecule is CC[C@H](NC(=O)Cn1nc(C)c(Cl)c1C)C1CC(O)C1. The first-order chi connectivity index (χ1) is 9.42. The molecule has 1 saturated carbocycles. The zero-order chi connectivity index (χ0) is 14.9. The summed E-state index contributed by atoms with van der Waals surface area (Å²) in [6.45, 7) is 5.92. The number of carbonyl (C=O) groups excluding carboxylic acids is 1. The average molecular weight is 300 g/mol. The van der Waals surface area contributed by atoms with Crippen molar-refractivity contribution < 1.29 is 9.90 Å². The lowest BCUT2D eigenvalue weighted by Crippen LogP contribution is -2.47. The second-order valence-corrected chi connectivity index (χ2v) is 5.99. The standard InChI is InChI=1S/C14H22ClN3O2/c1-4-12(10-5-11(19)6-10)16-13(20)7-18-9(3)14(15)8(2)17-18/h10-12,19H,4-7H2,1-3H3,(H,16,20)/t10?,11?,12-/m0/s1. The fourth-order valence-electron chi connectivity index (χ4n) is 2.73. The molecule has 2 N–H and O–H groups in total. The summed E-state index contributed by atoms with van der Waals surface area (Å²) >= 11 is 6.07. The zero-order valence-corrected chi connectivity index (χ0v) is 12.9. The van der Waals surface area contributed by atoms with Crippen LogP contribution in [-0.2, 0) is 11.3 Å². The van der Waals surface area contributed by atoms with Crippen LogP contribution in [0.3, 0.4) is 0 Å². The summed E-state index contributed by atoms with van der Waals surface area (Å²) < 4.78 is 1.63. The summed E-state index contributed by atoms with van der Waals surface area (Å²) in [4.78, 5) is 12.1. The van der Waals surface area contributed by atoms with E-state index in [0.29, 0.717) is 10.9 Å². The predicted molar refractivity (Wildman–Crippen MR) is 77.7 cm³/mol. The van der Waals surface area contributed by atoms with Crippen molar-refractivity contribution in [1.82, 2.24) is 15.1 Å². The van der Waals surface area contributed by atoms with Gasteiger partial charge in [0.25, 0.3) is 0 Å². The number of aliphatic hydroxyl groups excluding tert-OH is 1. The van der Waals surface area contributed by atoms with E-state index in [1.807, 2.05) is 13.8 Å². The van der Waals surface area contributed by atoms with Crippen LogP contribution in [0.25, 0.3) is 0 Å². The van der Waals surface area contributed by atoms with E-state index in [9.17, 15) is 9.90 Å². The summed E-state index contributed by atoms with van der Waals surface area (Å²) in [5, 5.41) is 17.3. The first-order valence-electron chi connectivity index (χ1n) is 7.09. The van der Waals surface area contributed by atoms with Gasteiger partial charge in [-0.05, 0) is 39.0 Å². The molecule has 0 aliphatic heterocycles. The number of aliphatic hydroxyl groups is 1. The third-order valence-corrected chi connectivity index (χ3v) is 4.64. The maximum atomic E-state index is 12.1. The molecule has 1 fully saturated rings. The van der Waals surface area contributed by atoms with Crippen LogP contribution in [0.1, 0.15) is 37.6 Å². The maximum Gasteiger partial charge on any atom is 0.241 e. The van der Waals surface area contributed by atoms with Crippen LogP contribution in [-0.4, -0.2) is 32.9 Å². The van der Waals surface area contributed by atoms with E-state index in [1.54, 1.807) is 4.68 Å². The lowest BCUT2D eigenvalue weighted by atomic mass is 9.76. The first-order valence-corrected chi connectivity index (χ1v) is 7.47. The summed E-state index contributed by atoms with van der Waals surface area (Å²) in [7, 11) is 0. The predicted octanol–water partition coefficient (Wildman–Crippen LogP) is 1.82. The molecule has 1 aromatic heterocycles. The minimum absolute atomic E-state index is 0.0551. The zero-order valence-electron chi connectivity index (χ0n) is 12.2. The van der Waals surface area contributed by atoms with Crippen LogP contribution in [0.5, 0.6) is 0 Å². The van der Waals surface area contributed by atoms with Gasteiger partial charge in [0.1, 0.15) is 6.54 Å². The van der Waals surface area contributed by atoms with Crippen molar-refractivity contribution in [1.29, 1.82) is 0 Å². The number of aryl methyl sites for hydroxylation is 1. The summed E-state index contributed by atoms with van der Waals surface area (Å²) in [6.07, 6.45) is 2.25. The summed E-state index contributed by atoms with van der Waals surface area (Å²) in [5.74, 6) is 0.337. The quantitative estimate of drug-likeness (QED) is 0.871. The number of hydrogen-bond acceptors (Lipinski definition) is 3. The molecule has 20 heavy (non-hydrogen) atoms. The average Bonchev–Trinajstić information content (AvgIpc) is 2.60. The molecule has 0 spiro atoms. The molecule has 2 rings (SSSR count). The second kappa shape index (κ2) is 6.14. The van der Waals surface area contributed by atoms with Crippen LogP contribution >= 0.6 is 11.6 Å². The number of amides is 1. The van der Waals surface area contributed by atoms with Crippen molar-refractivity contribution in [3.8, 4) is 0 Å². The Hall–Kier alpha value is -1.07. The van der Waals surface area contributed by atoms with Gasteiger partial charge in [-0.2, -0.15) is 5.10 Å². The van der Waals surface area contributed by atoms with Gasteiger partial charge in [-0.3, -0.25) is 9.48 Å². The van der Waals surface area contributed by atoms with E-state index >= 15 is 0 Å². The van der Waals surface area contributed by atoms with E-state index in [-0.39, 0.29) is 24.6 Å². The fraction of sp³-hybridized carbons (Fsp3) is 0.714. The molecule has 5 nitrogen and oxygen atoms in total. The van der Waals surface area contributed by atoms with E-state index < -0.39 is 0 Å². The molecule has 1 aliphatic carbocycles. The van der Waals surface area contributed by atoms with Gasteiger partial charge < -0.3 is 10.4 Å². The van der Waals surface area contributed by atoms with Crippen LogP contribution in [0.2, 0.25) is 5.02 Å². The molecule has 112 valence electrons. The topological polar surface area (TPSA) is 67.2 Å². The van der Waals surface area contributed by atoms with Crippen molar-refractivity contribution in [2.24, 2.45) is 5.92 Å². The Morgan fingerprint density at radius 1 is 1.55 bits per heavy atom. The molecule has 6 heteroatoms. The highest BCUT2D eigenvalue weighted by molar-refractivity contribution is 6.31. The third-order valence-electron chi connectivity index (χ3n) is 4.09. The third kappa shape index (κ3) is 3.15. The number of rotatable bonds is 5. The highest BCUT2D eigenvalue weighted by Crippen LogP contribution is 2.31. The van der Waals surface area contributed by atoms with Gasteiger partial charge in [0.15, 0.2) is 0 Å². The molecular formula is C14H22ClN3O2. The van der Waals surface area contributed by atoms with Crippen LogP contribution in [0.4, 0.5) is 0 Å². The highest BCUT2D eigenvalue weighted by atomic mass is 35.5. The van der Waals surface area contributed by atoms with Crippen LogP contribution in [0.15, 0.2) is 0 Å². The monoisotopic (exact) mass is 299 g/mol. The fourth-order valence-corrected chi connectivity index (χ4v) is 2.86. The Balaban J connectivity index is 1.92. The normalized spacial score (nSPS) is 23.2. The number of aromatic nitrogens is 2. The minimum atomic E-state index is -0.194. The van der Waals surface area contributed by atoms with Gasteiger partial charge in [-0.15, -0.1) is 0 Å². The molecule has 0 unspecified atom stereocenters. The van der Waals surface area contributed by atoms with Crippen molar-refractivity contribution in [2.45, 2.75) is 58.7 Å². The Morgan fingerprint density at radius 2 is 2.20 bits per heavy atom. The van der Waals surface area contributed by atoms with Crippen molar-refractivity contribution >= 4 is 17.5 Å². The van der Waals surface area contributed by atoms with E-state index in [4.69, 9.17) is 11.6 Å². The first kappa shape index (κ1) is 15.3. The molecule has 0 aromatic carbocycles. The van der Waals surface area contributed by atoms with Crippen LogP contribution in [0, 0.1) is 19.8 Å². The maximum absolute atomic E-state index is 12.1. The lowest BCUT2D eigenvalue weighted by Gasteiger charge is -2.37. The molecule has 1 aromatic rings. The van der Waals surface area contributed by atoms with Gasteiger partial charge in [0.2, 0.25) is 5.91 Å². The number of carbonyl (C=O) groups is 1. The molecule has 0 saturated heterocycles. The molecule has 1 heterocycles. The molecule has 1 amide bonds. The van der Waals surface area contributed by atoms with Crippen molar-refractivity contribution in [3.05, 3.63) is 16.4 Å². The van der Waals surface area contributed by atoms with Gasteiger partial charge in [-0.25, -0.2) is 0 Å². The highest BCUT2D eigenvalue weighted by Gasteiger charge is 2.33. The second-order valence-electron chi connectivity index (χ2n) is 5.61. The lowest BCUT2D eigenvalue weighted by molar-refractivity contribution is -0.123. The number of nitrogens with zero attached hydrogens (tertiary/aromatic N) is 2. The Kier molecular flexibility index (Phi) is 4.70. The summed E-state index contributed by atoms with van der Waals surface area (Å²) in [6, 6.07) is 0.137. The molecular weight excluding hydrogens is 278 g/mol. The van der Waals surface area contributed by atoms with Crippen molar-refractivity contribution in [3.63, 3.8) is 0 Å². The Morgan fingerprint density at radius 3 is 2.65 bits per heavy atom. The smallest absolute Gasteiger partial charge is 0.241 e. The minimum Gasteiger partial charge on any atom is -0.393 e. The van der Waals surface area contributed by atoms with Gasteiger partial charge in [0, 0.05) is 6.04 Å². The summed E-state index contributed by atoms with van der Waals surface area (Å²) in [5.41, 5.74) is 1.55. The Labute approximate surface area is 124 Å². The van der Waals surface area contributed by atoms with Gasteiger partial charge in [0.05, 0.1) is 22.5 Å². The Bertz CT molecular complexity index is 495. The molecule has 0 radical (unpaired) electrons.